The summed E-state index contributed by atoms with van der Waals surface area (Å²) in [6.07, 6.45) is 9.95. The van der Waals surface area contributed by atoms with Crippen LogP contribution in [0.25, 0.3) is 0 Å². The second kappa shape index (κ2) is 7.72. The van der Waals surface area contributed by atoms with E-state index in [1.54, 1.807) is 0 Å². The number of hydrogen-bond donors (Lipinski definition) is 1. The fourth-order valence-corrected chi connectivity index (χ4v) is 2.48. The Hall–Kier alpha value is -1.96. The maximum Gasteiger partial charge on any atom is 0.0686 e. The molecule has 114 valence electrons. The smallest absolute Gasteiger partial charge is 0.0686 e. The highest BCUT2D eigenvalue weighted by Gasteiger charge is 2.23. The molecule has 1 atom stereocenters. The van der Waals surface area contributed by atoms with Gasteiger partial charge in [0, 0.05) is 24.1 Å². The molecule has 0 aromatic heterocycles. The largest absolute Gasteiger partial charge is 0.366 e. The Kier molecular flexibility index (Phi) is 6.29. The van der Waals surface area contributed by atoms with Crippen molar-refractivity contribution < 1.29 is 0 Å². The Labute approximate surface area is 129 Å². The summed E-state index contributed by atoms with van der Waals surface area (Å²) in [6.45, 7) is 20.2. The Balaban J connectivity index is 3.00. The quantitative estimate of drug-likeness (QED) is 0.721. The third-order valence-corrected chi connectivity index (χ3v) is 3.83. The molecule has 0 aromatic rings. The average Bonchev–Trinajstić information content (AvgIpc) is 2.42. The molecule has 1 fully saturated rings. The molecule has 0 radical (unpaired) electrons. The SMILES string of the molecule is C=C/C=C(\C=C(/C=C)N(C)C1CCC(=C)NC1=C)C(C)C. The van der Waals surface area contributed by atoms with Gasteiger partial charge in [-0.2, -0.15) is 0 Å². The number of likely N-dealkylation sites (N-methyl/N-ethyl adjacent to an activating group) is 1. The Morgan fingerprint density at radius 3 is 2.48 bits per heavy atom. The van der Waals surface area contributed by atoms with E-state index in [0.717, 1.165) is 29.9 Å². The van der Waals surface area contributed by atoms with Gasteiger partial charge in [0.05, 0.1) is 6.04 Å². The van der Waals surface area contributed by atoms with Crippen LogP contribution in [-0.4, -0.2) is 18.0 Å². The van der Waals surface area contributed by atoms with E-state index in [4.69, 9.17) is 0 Å². The zero-order valence-electron chi connectivity index (χ0n) is 13.7. The van der Waals surface area contributed by atoms with E-state index >= 15 is 0 Å². The maximum absolute atomic E-state index is 4.13. The van der Waals surface area contributed by atoms with Gasteiger partial charge in [-0.3, -0.25) is 0 Å². The first kappa shape index (κ1) is 17.1. The summed E-state index contributed by atoms with van der Waals surface area (Å²) >= 11 is 0. The summed E-state index contributed by atoms with van der Waals surface area (Å²) in [5, 5.41) is 3.27. The number of nitrogens with zero attached hydrogens (tertiary/aromatic N) is 1. The predicted molar refractivity (Wildman–Crippen MR) is 93.6 cm³/mol. The number of rotatable bonds is 6. The van der Waals surface area contributed by atoms with Crippen LogP contribution in [0.4, 0.5) is 0 Å². The first-order chi connectivity index (χ1) is 9.90. The van der Waals surface area contributed by atoms with Gasteiger partial charge >= 0.3 is 0 Å². The summed E-state index contributed by atoms with van der Waals surface area (Å²) in [5.41, 5.74) is 4.38. The molecule has 2 nitrogen and oxygen atoms in total. The third kappa shape index (κ3) is 4.52. The minimum atomic E-state index is 0.261. The van der Waals surface area contributed by atoms with E-state index in [1.165, 1.54) is 5.57 Å². The van der Waals surface area contributed by atoms with Crippen LogP contribution in [0.15, 0.2) is 73.3 Å². The first-order valence-corrected chi connectivity index (χ1v) is 7.43. The molecule has 1 heterocycles. The van der Waals surface area contributed by atoms with Gasteiger partial charge in [0.15, 0.2) is 0 Å². The lowest BCUT2D eigenvalue weighted by molar-refractivity contribution is 0.308. The van der Waals surface area contributed by atoms with E-state index in [-0.39, 0.29) is 6.04 Å². The molecule has 2 heteroatoms. The first-order valence-electron chi connectivity index (χ1n) is 7.43. The molecule has 1 N–H and O–H groups in total. The fraction of sp³-hybridized carbons (Fsp3) is 0.368. The van der Waals surface area contributed by atoms with Gasteiger partial charge in [-0.1, -0.05) is 52.3 Å². The van der Waals surface area contributed by atoms with Crippen LogP contribution in [0.1, 0.15) is 26.7 Å². The molecule has 1 aliphatic heterocycles. The summed E-state index contributed by atoms with van der Waals surface area (Å²) in [5.74, 6) is 0.443. The van der Waals surface area contributed by atoms with E-state index < -0.39 is 0 Å². The van der Waals surface area contributed by atoms with Crippen molar-refractivity contribution >= 4 is 0 Å². The van der Waals surface area contributed by atoms with Gasteiger partial charge in [-0.25, -0.2) is 0 Å². The molecule has 0 amide bonds. The van der Waals surface area contributed by atoms with Gasteiger partial charge < -0.3 is 10.2 Å². The Morgan fingerprint density at radius 2 is 2.00 bits per heavy atom. The van der Waals surface area contributed by atoms with Crippen LogP contribution in [0.5, 0.6) is 0 Å². The Morgan fingerprint density at radius 1 is 1.33 bits per heavy atom. The summed E-state index contributed by atoms with van der Waals surface area (Å²) < 4.78 is 0. The second-order valence-corrected chi connectivity index (χ2v) is 5.75. The van der Waals surface area contributed by atoms with Crippen molar-refractivity contribution in [2.24, 2.45) is 5.92 Å². The van der Waals surface area contributed by atoms with E-state index in [1.807, 2.05) is 12.2 Å². The number of hydrogen-bond acceptors (Lipinski definition) is 2. The van der Waals surface area contributed by atoms with Gasteiger partial charge in [-0.05, 0) is 36.5 Å². The molecular formula is C19H28N2. The lowest BCUT2D eigenvalue weighted by Crippen LogP contribution is -2.40. The number of nitrogens with one attached hydrogen (secondary N) is 1. The van der Waals surface area contributed by atoms with Crippen molar-refractivity contribution in [1.82, 2.24) is 10.2 Å². The summed E-state index contributed by atoms with van der Waals surface area (Å²) in [6, 6.07) is 0.261. The topological polar surface area (TPSA) is 15.3 Å². The van der Waals surface area contributed by atoms with Crippen molar-refractivity contribution in [3.05, 3.63) is 73.3 Å². The maximum atomic E-state index is 4.13. The van der Waals surface area contributed by atoms with E-state index in [2.05, 4.69) is 69.6 Å². The molecule has 0 bridgehead atoms. The van der Waals surface area contributed by atoms with Crippen LogP contribution >= 0.6 is 0 Å². The molecule has 0 spiro atoms. The van der Waals surface area contributed by atoms with E-state index in [9.17, 15) is 0 Å². The van der Waals surface area contributed by atoms with Crippen molar-refractivity contribution in [1.29, 1.82) is 0 Å². The predicted octanol–water partition coefficient (Wildman–Crippen LogP) is 4.54. The van der Waals surface area contributed by atoms with Gasteiger partial charge in [-0.15, -0.1) is 0 Å². The lowest BCUT2D eigenvalue weighted by Gasteiger charge is -2.36. The van der Waals surface area contributed by atoms with Gasteiger partial charge in [0.1, 0.15) is 0 Å². The fourth-order valence-electron chi connectivity index (χ4n) is 2.48. The van der Waals surface area contributed by atoms with Gasteiger partial charge in [0.25, 0.3) is 0 Å². The molecule has 0 saturated carbocycles. The average molecular weight is 284 g/mol. The molecule has 0 aromatic carbocycles. The number of allylic oxidation sites excluding steroid dienone is 6. The van der Waals surface area contributed by atoms with Crippen LogP contribution in [-0.2, 0) is 0 Å². The zero-order chi connectivity index (χ0) is 16.0. The highest BCUT2D eigenvalue weighted by Crippen LogP contribution is 2.25. The normalized spacial score (nSPS) is 20.3. The van der Waals surface area contributed by atoms with Gasteiger partial charge in [0.2, 0.25) is 0 Å². The van der Waals surface area contributed by atoms with Crippen LogP contribution in [0.2, 0.25) is 0 Å². The van der Waals surface area contributed by atoms with Crippen LogP contribution in [0, 0.1) is 5.92 Å². The zero-order valence-corrected chi connectivity index (χ0v) is 13.7. The second-order valence-electron chi connectivity index (χ2n) is 5.75. The lowest BCUT2D eigenvalue weighted by atomic mass is 9.98. The van der Waals surface area contributed by atoms with E-state index in [0.29, 0.717) is 5.92 Å². The van der Waals surface area contributed by atoms with Crippen molar-refractivity contribution in [3.8, 4) is 0 Å². The molecule has 1 unspecified atom stereocenters. The third-order valence-electron chi connectivity index (χ3n) is 3.83. The van der Waals surface area contributed by atoms with Crippen molar-refractivity contribution in [2.75, 3.05) is 7.05 Å². The standard InChI is InChI=1S/C19H28N2/c1-8-10-17(14(3)4)13-18(9-2)21(7)19-12-11-15(5)20-16(19)6/h8-10,13-14,19-20H,1-2,5-6,11-12H2,3-4,7H3/b17-10+,18-13+. The molecule has 21 heavy (non-hydrogen) atoms. The van der Waals surface area contributed by atoms with Crippen molar-refractivity contribution in [2.45, 2.75) is 32.7 Å². The minimum absolute atomic E-state index is 0.261. The number of piperidine rings is 1. The molecular weight excluding hydrogens is 256 g/mol. The monoisotopic (exact) mass is 284 g/mol. The van der Waals surface area contributed by atoms with Crippen LogP contribution < -0.4 is 5.32 Å². The Bertz CT molecular complexity index is 492. The minimum Gasteiger partial charge on any atom is -0.366 e. The molecule has 1 rings (SSSR count). The highest BCUT2D eigenvalue weighted by molar-refractivity contribution is 5.33. The molecule has 1 aliphatic rings. The highest BCUT2D eigenvalue weighted by atomic mass is 15.2. The van der Waals surface area contributed by atoms with Crippen molar-refractivity contribution in [3.63, 3.8) is 0 Å². The molecule has 0 aliphatic carbocycles. The van der Waals surface area contributed by atoms with Crippen LogP contribution in [0.3, 0.4) is 0 Å². The summed E-state index contributed by atoms with van der Waals surface area (Å²) in [7, 11) is 2.09. The summed E-state index contributed by atoms with van der Waals surface area (Å²) in [4.78, 5) is 2.23. The molecule has 1 saturated heterocycles.